The van der Waals surface area contributed by atoms with E-state index in [1.165, 1.54) is 25.9 Å². The highest BCUT2D eigenvalue weighted by Gasteiger charge is 2.42. The molecular formula is C28H38N2O3. The Balaban J connectivity index is 1.37. The molecule has 0 radical (unpaired) electrons. The third-order valence-corrected chi connectivity index (χ3v) is 7.16. The number of carbonyl (C=O) groups is 1. The van der Waals surface area contributed by atoms with Crippen LogP contribution in [0.3, 0.4) is 0 Å². The SMILES string of the molecule is COc1ccccc1-c1cccc(C[C@]2(C(=O)NCCCN3CCC(C)CC3)CCCO2)c1. The predicted octanol–water partition coefficient (Wildman–Crippen LogP) is 4.69. The number of piperidine rings is 1. The van der Waals surface area contributed by atoms with Crippen molar-refractivity contribution < 1.29 is 14.3 Å². The molecule has 0 aliphatic carbocycles. The highest BCUT2D eigenvalue weighted by atomic mass is 16.5. The van der Waals surface area contributed by atoms with Crippen molar-refractivity contribution in [3.8, 4) is 16.9 Å². The molecule has 0 spiro atoms. The van der Waals surface area contributed by atoms with Crippen molar-refractivity contribution in [1.29, 1.82) is 0 Å². The average Bonchev–Trinajstić information content (AvgIpc) is 3.32. The third-order valence-electron chi connectivity index (χ3n) is 7.16. The van der Waals surface area contributed by atoms with Crippen LogP contribution in [-0.4, -0.2) is 56.3 Å². The van der Waals surface area contributed by atoms with Crippen LogP contribution in [0.15, 0.2) is 48.5 Å². The van der Waals surface area contributed by atoms with Crippen molar-refractivity contribution >= 4 is 5.91 Å². The lowest BCUT2D eigenvalue weighted by Crippen LogP contribution is -2.48. The van der Waals surface area contributed by atoms with Crippen LogP contribution in [-0.2, 0) is 16.0 Å². The lowest BCUT2D eigenvalue weighted by molar-refractivity contribution is -0.141. The van der Waals surface area contributed by atoms with Crippen LogP contribution in [0.4, 0.5) is 0 Å². The lowest BCUT2D eigenvalue weighted by atomic mass is 9.89. The molecule has 2 aromatic rings. The van der Waals surface area contributed by atoms with Gasteiger partial charge in [0.1, 0.15) is 5.75 Å². The molecule has 2 saturated heterocycles. The van der Waals surface area contributed by atoms with Gasteiger partial charge in [-0.2, -0.15) is 0 Å². The number of hydrogen-bond acceptors (Lipinski definition) is 4. The van der Waals surface area contributed by atoms with Gasteiger partial charge in [0.15, 0.2) is 5.60 Å². The number of ether oxygens (including phenoxy) is 2. The van der Waals surface area contributed by atoms with Gasteiger partial charge in [-0.25, -0.2) is 0 Å². The van der Waals surface area contributed by atoms with Crippen LogP contribution < -0.4 is 10.1 Å². The Labute approximate surface area is 198 Å². The van der Waals surface area contributed by atoms with Gasteiger partial charge in [-0.05, 0) is 74.8 Å². The molecule has 0 aromatic heterocycles. The molecule has 2 heterocycles. The van der Waals surface area contributed by atoms with E-state index >= 15 is 0 Å². The summed E-state index contributed by atoms with van der Waals surface area (Å²) >= 11 is 0. The van der Waals surface area contributed by atoms with E-state index in [1.54, 1.807) is 7.11 Å². The molecule has 2 fully saturated rings. The maximum absolute atomic E-state index is 13.3. The number of rotatable bonds is 9. The number of methoxy groups -OCH3 is 1. The van der Waals surface area contributed by atoms with E-state index < -0.39 is 5.60 Å². The molecule has 5 heteroatoms. The number of nitrogens with zero attached hydrogens (tertiary/aromatic N) is 1. The van der Waals surface area contributed by atoms with Crippen molar-refractivity contribution in [2.24, 2.45) is 5.92 Å². The van der Waals surface area contributed by atoms with Gasteiger partial charge < -0.3 is 19.7 Å². The fraction of sp³-hybridized carbons (Fsp3) is 0.536. The second-order valence-electron chi connectivity index (χ2n) is 9.66. The quantitative estimate of drug-likeness (QED) is 0.563. The van der Waals surface area contributed by atoms with Crippen molar-refractivity contribution in [2.75, 3.05) is 39.9 Å². The van der Waals surface area contributed by atoms with E-state index in [9.17, 15) is 4.79 Å². The Bertz CT molecular complexity index is 915. The molecule has 0 bridgehead atoms. The molecule has 1 atom stereocenters. The maximum atomic E-state index is 13.3. The second-order valence-corrected chi connectivity index (χ2v) is 9.66. The minimum absolute atomic E-state index is 0.0370. The standard InChI is InChI=1S/C28H38N2O3/c1-22-12-17-30(18-13-22)16-7-15-29-27(31)28(14-6-19-33-28)21-23-8-5-9-24(20-23)25-10-3-4-11-26(25)32-2/h3-5,8-11,20,22H,6-7,12-19,21H2,1-2H3,(H,29,31)/t28-/m0/s1. The Hall–Kier alpha value is -2.37. The Kier molecular flexibility index (Phi) is 8.05. The molecule has 2 aromatic carbocycles. The molecule has 0 unspecified atom stereocenters. The van der Waals surface area contributed by atoms with Gasteiger partial charge in [0.05, 0.1) is 7.11 Å². The normalized spacial score (nSPS) is 21.8. The number of amides is 1. The van der Waals surface area contributed by atoms with Crippen LogP contribution in [0, 0.1) is 5.92 Å². The van der Waals surface area contributed by atoms with E-state index in [0.29, 0.717) is 19.6 Å². The molecule has 5 nitrogen and oxygen atoms in total. The third kappa shape index (κ3) is 5.96. The lowest BCUT2D eigenvalue weighted by Gasteiger charge is -2.30. The van der Waals surface area contributed by atoms with Gasteiger partial charge in [0, 0.05) is 25.1 Å². The number of benzene rings is 2. The highest BCUT2D eigenvalue weighted by molar-refractivity contribution is 5.86. The molecule has 33 heavy (non-hydrogen) atoms. The number of para-hydroxylation sites is 1. The molecule has 2 aliphatic rings. The van der Waals surface area contributed by atoms with Crippen LogP contribution in [0.1, 0.15) is 44.6 Å². The van der Waals surface area contributed by atoms with Crippen LogP contribution in [0.5, 0.6) is 5.75 Å². The molecule has 1 N–H and O–H groups in total. The van der Waals surface area contributed by atoms with Gasteiger partial charge in [0.25, 0.3) is 5.91 Å². The molecule has 2 aliphatic heterocycles. The number of nitrogens with one attached hydrogen (secondary N) is 1. The van der Waals surface area contributed by atoms with Crippen LogP contribution in [0.2, 0.25) is 0 Å². The first-order chi connectivity index (χ1) is 16.1. The fourth-order valence-corrected chi connectivity index (χ4v) is 5.11. The summed E-state index contributed by atoms with van der Waals surface area (Å²) in [5, 5.41) is 3.19. The summed E-state index contributed by atoms with van der Waals surface area (Å²) in [6.45, 7) is 7.12. The van der Waals surface area contributed by atoms with Gasteiger partial charge in [-0.15, -0.1) is 0 Å². The van der Waals surface area contributed by atoms with Gasteiger partial charge in [0.2, 0.25) is 0 Å². The van der Waals surface area contributed by atoms with Crippen molar-refractivity contribution in [1.82, 2.24) is 10.2 Å². The predicted molar refractivity (Wildman–Crippen MR) is 133 cm³/mol. The summed E-state index contributed by atoms with van der Waals surface area (Å²) in [6, 6.07) is 16.4. The zero-order valence-electron chi connectivity index (χ0n) is 20.1. The van der Waals surface area contributed by atoms with Crippen molar-refractivity contribution in [3.05, 3.63) is 54.1 Å². The summed E-state index contributed by atoms with van der Waals surface area (Å²) in [5.74, 6) is 1.74. The topological polar surface area (TPSA) is 50.8 Å². The summed E-state index contributed by atoms with van der Waals surface area (Å²) in [6.07, 6.45) is 5.84. The molecule has 178 valence electrons. The van der Waals surface area contributed by atoms with Crippen molar-refractivity contribution in [3.63, 3.8) is 0 Å². The molecule has 4 rings (SSSR count). The highest BCUT2D eigenvalue weighted by Crippen LogP contribution is 2.33. The Morgan fingerprint density at radius 1 is 1.18 bits per heavy atom. The van der Waals surface area contributed by atoms with E-state index in [2.05, 4.69) is 47.5 Å². The molecular weight excluding hydrogens is 412 g/mol. The van der Waals surface area contributed by atoms with E-state index in [4.69, 9.17) is 9.47 Å². The zero-order chi connectivity index (χ0) is 23.1. The molecule has 0 saturated carbocycles. The van der Waals surface area contributed by atoms with E-state index in [-0.39, 0.29) is 5.91 Å². The van der Waals surface area contributed by atoms with Crippen LogP contribution in [0.25, 0.3) is 11.1 Å². The first-order valence-electron chi connectivity index (χ1n) is 12.5. The number of likely N-dealkylation sites (tertiary alicyclic amines) is 1. The Morgan fingerprint density at radius 3 is 2.76 bits per heavy atom. The Morgan fingerprint density at radius 2 is 2.00 bits per heavy atom. The summed E-state index contributed by atoms with van der Waals surface area (Å²) in [4.78, 5) is 15.8. The minimum atomic E-state index is -0.764. The minimum Gasteiger partial charge on any atom is -0.496 e. The monoisotopic (exact) mass is 450 g/mol. The number of hydrogen-bond donors (Lipinski definition) is 1. The van der Waals surface area contributed by atoms with Gasteiger partial charge >= 0.3 is 0 Å². The van der Waals surface area contributed by atoms with Gasteiger partial charge in [-0.3, -0.25) is 4.79 Å². The number of carbonyl (C=O) groups excluding carboxylic acids is 1. The first-order valence-corrected chi connectivity index (χ1v) is 12.5. The van der Waals surface area contributed by atoms with Crippen LogP contribution >= 0.6 is 0 Å². The summed E-state index contributed by atoms with van der Waals surface area (Å²) < 4.78 is 11.7. The largest absolute Gasteiger partial charge is 0.496 e. The smallest absolute Gasteiger partial charge is 0.252 e. The second kappa shape index (κ2) is 11.2. The van der Waals surface area contributed by atoms with E-state index in [0.717, 1.165) is 54.2 Å². The van der Waals surface area contributed by atoms with Crippen molar-refractivity contribution in [2.45, 2.75) is 51.0 Å². The average molecular weight is 451 g/mol. The maximum Gasteiger partial charge on any atom is 0.252 e. The van der Waals surface area contributed by atoms with E-state index in [1.807, 2.05) is 18.2 Å². The summed E-state index contributed by atoms with van der Waals surface area (Å²) in [7, 11) is 1.69. The fourth-order valence-electron chi connectivity index (χ4n) is 5.11. The van der Waals surface area contributed by atoms with Gasteiger partial charge in [-0.1, -0.05) is 49.4 Å². The first kappa shape index (κ1) is 23.8. The summed E-state index contributed by atoms with van der Waals surface area (Å²) in [5.41, 5.74) is 2.49. The molecule has 1 amide bonds. The zero-order valence-corrected chi connectivity index (χ0v) is 20.1.